The second kappa shape index (κ2) is 9.31. The van der Waals surface area contributed by atoms with E-state index in [0.717, 1.165) is 6.42 Å². The van der Waals surface area contributed by atoms with Gasteiger partial charge in [-0.05, 0) is 36.9 Å². The van der Waals surface area contributed by atoms with Gasteiger partial charge in [0.25, 0.3) is 0 Å². The van der Waals surface area contributed by atoms with Crippen LogP contribution in [0, 0.1) is 0 Å². The molecule has 0 amide bonds. The van der Waals surface area contributed by atoms with E-state index in [1.807, 2.05) is 0 Å². The van der Waals surface area contributed by atoms with Gasteiger partial charge in [0, 0.05) is 12.1 Å². The topological polar surface area (TPSA) is 37.3 Å². The molecular weight excluding hydrogens is 339 g/mol. The minimum atomic E-state index is -0.727. The highest BCUT2D eigenvalue weighted by molar-refractivity contribution is 7.74. The summed E-state index contributed by atoms with van der Waals surface area (Å²) in [4.78, 5) is 10.8. The van der Waals surface area contributed by atoms with Crippen molar-refractivity contribution in [1.82, 2.24) is 0 Å². The summed E-state index contributed by atoms with van der Waals surface area (Å²) < 4.78 is 0. The van der Waals surface area contributed by atoms with E-state index in [9.17, 15) is 4.79 Å². The fourth-order valence-electron chi connectivity index (χ4n) is 3.14. The number of unbranched alkanes of at least 4 members (excludes halogenated alkanes) is 1. The van der Waals surface area contributed by atoms with E-state index in [1.165, 1.54) is 16.2 Å². The second-order valence-corrected chi connectivity index (χ2v) is 8.55. The third kappa shape index (κ3) is 4.80. The minimum Gasteiger partial charge on any atom is -0.481 e. The Kier molecular flexibility index (Phi) is 6.57. The monoisotopic (exact) mass is 362 g/mol. The molecule has 0 fully saturated rings. The predicted octanol–water partition coefficient (Wildman–Crippen LogP) is 4.80. The second-order valence-electron chi connectivity index (χ2n) is 6.22. The molecule has 0 aromatic heterocycles. The van der Waals surface area contributed by atoms with Gasteiger partial charge in [-0.3, -0.25) is 4.79 Å². The van der Waals surface area contributed by atoms with Crippen LogP contribution in [0.1, 0.15) is 19.3 Å². The van der Waals surface area contributed by atoms with Crippen molar-refractivity contribution >= 4 is 24.5 Å². The number of hydrogen-bond donors (Lipinski definition) is 1. The molecule has 0 bridgehead atoms. The molecule has 1 aliphatic carbocycles. The van der Waals surface area contributed by atoms with E-state index in [0.29, 0.717) is 12.1 Å². The maximum atomic E-state index is 10.8. The minimum absolute atomic E-state index is 0.222. The molecule has 1 atom stereocenters. The van der Waals surface area contributed by atoms with Gasteiger partial charge in [0.05, 0.1) is 0 Å². The average molecular weight is 362 g/mol. The van der Waals surface area contributed by atoms with Crippen LogP contribution in [0.2, 0.25) is 0 Å². The summed E-state index contributed by atoms with van der Waals surface area (Å²) in [6, 6.07) is 21.4. The number of rotatable bonds is 7. The number of carbonyl (C=O) groups is 1. The number of carboxylic acid groups (broad SMARTS) is 1. The van der Waals surface area contributed by atoms with Crippen LogP contribution >= 0.6 is 7.92 Å². The quantitative estimate of drug-likeness (QED) is 0.568. The van der Waals surface area contributed by atoms with Gasteiger partial charge in [0.1, 0.15) is 0 Å². The summed E-state index contributed by atoms with van der Waals surface area (Å²) in [6.07, 6.45) is 12.6. The molecule has 0 heterocycles. The van der Waals surface area contributed by atoms with Crippen molar-refractivity contribution in [2.24, 2.45) is 0 Å². The van der Waals surface area contributed by atoms with Crippen molar-refractivity contribution < 1.29 is 9.90 Å². The van der Waals surface area contributed by atoms with Gasteiger partial charge in [-0.2, -0.15) is 0 Å². The van der Waals surface area contributed by atoms with Crippen LogP contribution < -0.4 is 10.6 Å². The molecule has 2 aromatic carbocycles. The first-order chi connectivity index (χ1) is 12.8. The van der Waals surface area contributed by atoms with Crippen molar-refractivity contribution in [2.45, 2.75) is 24.9 Å². The van der Waals surface area contributed by atoms with Crippen LogP contribution in [-0.4, -0.2) is 16.7 Å². The number of allylic oxidation sites excluding steroid dienone is 6. The number of benzene rings is 2. The lowest BCUT2D eigenvalue weighted by molar-refractivity contribution is -0.137. The van der Waals surface area contributed by atoms with E-state index in [2.05, 4.69) is 91.0 Å². The number of carboxylic acids is 1. The van der Waals surface area contributed by atoms with Gasteiger partial charge in [-0.1, -0.05) is 91.0 Å². The lowest BCUT2D eigenvalue weighted by atomic mass is 10.0. The molecule has 3 rings (SSSR count). The number of hydrogen-bond acceptors (Lipinski definition) is 1. The molecule has 0 aliphatic heterocycles. The average Bonchev–Trinajstić information content (AvgIpc) is 2.68. The Morgan fingerprint density at radius 1 is 0.962 bits per heavy atom. The van der Waals surface area contributed by atoms with Gasteiger partial charge in [0.2, 0.25) is 0 Å². The van der Waals surface area contributed by atoms with Crippen molar-refractivity contribution in [2.75, 3.05) is 0 Å². The first-order valence-corrected chi connectivity index (χ1v) is 10.3. The molecule has 1 N–H and O–H groups in total. The normalized spacial score (nSPS) is 17.7. The third-order valence-electron chi connectivity index (χ3n) is 4.36. The molecule has 26 heavy (non-hydrogen) atoms. The zero-order chi connectivity index (χ0) is 18.2. The predicted molar refractivity (Wildman–Crippen MR) is 111 cm³/mol. The van der Waals surface area contributed by atoms with E-state index >= 15 is 0 Å². The fourth-order valence-corrected chi connectivity index (χ4v) is 5.83. The lowest BCUT2D eigenvalue weighted by Crippen LogP contribution is -2.22. The van der Waals surface area contributed by atoms with Crippen molar-refractivity contribution in [3.05, 3.63) is 96.6 Å². The molecule has 0 saturated carbocycles. The molecule has 0 spiro atoms. The van der Waals surface area contributed by atoms with Gasteiger partial charge in [-0.15, -0.1) is 0 Å². The molecule has 132 valence electrons. The first-order valence-electron chi connectivity index (χ1n) is 8.92. The van der Waals surface area contributed by atoms with Crippen LogP contribution in [0.25, 0.3) is 0 Å². The molecule has 1 unspecified atom stereocenters. The zero-order valence-corrected chi connectivity index (χ0v) is 15.6. The maximum Gasteiger partial charge on any atom is 0.303 e. The zero-order valence-electron chi connectivity index (χ0n) is 14.7. The molecule has 1 aliphatic rings. The summed E-state index contributed by atoms with van der Waals surface area (Å²) in [5.41, 5.74) is 1.60. The smallest absolute Gasteiger partial charge is 0.303 e. The summed E-state index contributed by atoms with van der Waals surface area (Å²) in [7, 11) is -0.564. The van der Waals surface area contributed by atoms with Gasteiger partial charge in [0.15, 0.2) is 0 Å². The van der Waals surface area contributed by atoms with E-state index in [4.69, 9.17) is 5.11 Å². The Balaban J connectivity index is 1.91. The summed E-state index contributed by atoms with van der Waals surface area (Å²) in [6.45, 7) is 0. The SMILES string of the molecule is O=C(O)CCCC=C1C=CC=CC1P(c1ccccc1)c1ccccc1. The van der Waals surface area contributed by atoms with Gasteiger partial charge in [-0.25, -0.2) is 0 Å². The molecule has 2 aromatic rings. The Hall–Kier alpha value is -2.44. The summed E-state index contributed by atoms with van der Waals surface area (Å²) in [5.74, 6) is -0.727. The maximum absolute atomic E-state index is 10.8. The highest BCUT2D eigenvalue weighted by Gasteiger charge is 2.25. The summed E-state index contributed by atoms with van der Waals surface area (Å²) >= 11 is 0. The first kappa shape index (κ1) is 18.4. The standard InChI is InChI=1S/C23H23O2P/c24-23(25)18-10-8-12-19-11-7-9-17-22(19)26(20-13-3-1-4-14-20)21-15-5-2-6-16-21/h1-7,9,11-17,22H,8,10,18H2,(H,24,25). The van der Waals surface area contributed by atoms with Crippen LogP contribution in [-0.2, 0) is 4.79 Å². The van der Waals surface area contributed by atoms with Crippen LogP contribution in [0.15, 0.2) is 96.6 Å². The van der Waals surface area contributed by atoms with Crippen molar-refractivity contribution in [3.8, 4) is 0 Å². The third-order valence-corrected chi connectivity index (χ3v) is 7.09. The lowest BCUT2D eigenvalue weighted by Gasteiger charge is -2.29. The Labute approximate surface area is 156 Å². The highest BCUT2D eigenvalue weighted by Crippen LogP contribution is 2.45. The van der Waals surface area contributed by atoms with Gasteiger partial charge >= 0.3 is 5.97 Å². The fraction of sp³-hybridized carbons (Fsp3) is 0.174. The molecule has 0 radical (unpaired) electrons. The van der Waals surface area contributed by atoms with Gasteiger partial charge < -0.3 is 5.11 Å². The Morgan fingerprint density at radius 2 is 1.58 bits per heavy atom. The molecular formula is C23H23O2P. The van der Waals surface area contributed by atoms with Crippen LogP contribution in [0.3, 0.4) is 0 Å². The highest BCUT2D eigenvalue weighted by atomic mass is 31.1. The van der Waals surface area contributed by atoms with E-state index < -0.39 is 13.9 Å². The van der Waals surface area contributed by atoms with Crippen LogP contribution in [0.5, 0.6) is 0 Å². The van der Waals surface area contributed by atoms with Crippen molar-refractivity contribution in [1.29, 1.82) is 0 Å². The summed E-state index contributed by atoms with van der Waals surface area (Å²) in [5, 5.41) is 11.6. The molecule has 3 heteroatoms. The van der Waals surface area contributed by atoms with Crippen molar-refractivity contribution in [3.63, 3.8) is 0 Å². The largest absolute Gasteiger partial charge is 0.481 e. The van der Waals surface area contributed by atoms with E-state index in [1.54, 1.807) is 0 Å². The molecule has 2 nitrogen and oxygen atoms in total. The Bertz CT molecular complexity index is 767. The number of aliphatic carboxylic acids is 1. The Morgan fingerprint density at radius 3 is 2.15 bits per heavy atom. The van der Waals surface area contributed by atoms with Crippen LogP contribution in [0.4, 0.5) is 0 Å². The van der Waals surface area contributed by atoms with E-state index in [-0.39, 0.29) is 6.42 Å². The molecule has 0 saturated heterocycles.